The lowest BCUT2D eigenvalue weighted by Crippen LogP contribution is -2.28. The third-order valence-corrected chi connectivity index (χ3v) is 13.0. The molecule has 0 aromatic heterocycles. The minimum Gasteiger partial charge on any atom is -0.456 e. The van der Waals surface area contributed by atoms with E-state index in [1.807, 2.05) is 42.5 Å². The van der Waals surface area contributed by atoms with Gasteiger partial charge in [-0.25, -0.2) is 0 Å². The summed E-state index contributed by atoms with van der Waals surface area (Å²) in [6.45, 7) is 0. The zero-order chi connectivity index (χ0) is 41.5. The van der Waals surface area contributed by atoms with Gasteiger partial charge in [-0.05, 0) is 117 Å². The Bertz CT molecular complexity index is 3390. The predicted octanol–water partition coefficient (Wildman–Crippen LogP) is 16.0. The molecule has 13 rings (SSSR count). The minimum absolute atomic E-state index is 0.545. The zero-order valence-corrected chi connectivity index (χ0v) is 34.0. The van der Waals surface area contributed by atoms with Gasteiger partial charge in [0.1, 0.15) is 11.5 Å². The predicted molar refractivity (Wildman–Crippen MR) is 253 cm³/mol. The van der Waals surface area contributed by atoms with E-state index in [1.165, 1.54) is 38.9 Å². The van der Waals surface area contributed by atoms with Gasteiger partial charge in [0.2, 0.25) is 0 Å². The third-order valence-electron chi connectivity index (χ3n) is 13.0. The molecule has 0 unspecified atom stereocenters. The van der Waals surface area contributed by atoms with Gasteiger partial charge in [0.25, 0.3) is 0 Å². The molecule has 3 aliphatic rings. The van der Waals surface area contributed by atoms with E-state index in [1.54, 1.807) is 0 Å². The third kappa shape index (κ3) is 5.35. The summed E-state index contributed by atoms with van der Waals surface area (Å²) in [7, 11) is 0. The molecule has 4 heteroatoms. The van der Waals surface area contributed by atoms with E-state index in [9.17, 15) is 0 Å². The monoisotopic (exact) mass is 807 g/mol. The molecule has 2 aliphatic heterocycles. The van der Waals surface area contributed by atoms with Crippen LogP contribution in [0, 0.1) is 0 Å². The molecule has 0 bridgehead atoms. The summed E-state index contributed by atoms with van der Waals surface area (Å²) < 4.78 is 19.1. The number of hydrogen-bond donors (Lipinski definition) is 0. The number of ether oxygens (including phenoxy) is 3. The van der Waals surface area contributed by atoms with Gasteiger partial charge in [0.05, 0.1) is 11.1 Å². The summed E-state index contributed by atoms with van der Waals surface area (Å²) in [6, 6.07) is 80.0. The highest BCUT2D eigenvalue weighted by molar-refractivity contribution is 6.11. The van der Waals surface area contributed by atoms with Crippen LogP contribution in [0.2, 0.25) is 0 Å². The van der Waals surface area contributed by atoms with E-state index >= 15 is 0 Å². The van der Waals surface area contributed by atoms with Crippen molar-refractivity contribution < 1.29 is 14.2 Å². The lowest BCUT2D eigenvalue weighted by Gasteiger charge is -2.35. The van der Waals surface area contributed by atoms with Gasteiger partial charge >= 0.3 is 0 Å². The Morgan fingerprint density at radius 1 is 0.317 bits per heavy atom. The van der Waals surface area contributed by atoms with Gasteiger partial charge in [-0.15, -0.1) is 0 Å². The Morgan fingerprint density at radius 2 is 0.873 bits per heavy atom. The van der Waals surface area contributed by atoms with Crippen LogP contribution in [0.5, 0.6) is 34.5 Å². The van der Waals surface area contributed by atoms with Crippen LogP contribution in [0.1, 0.15) is 22.3 Å². The SMILES string of the molecule is c1ccc(C2(c3ccccc3)c3ccccc3-c3ccc(N(c4ccc(-c5ccc6c(c5)Oc5ccccc5O6)cc4)c4ccc5c6c(cccc46)Oc4ccccc4-5)cc32)cc1. The van der Waals surface area contributed by atoms with Crippen molar-refractivity contribution in [2.45, 2.75) is 5.41 Å². The maximum absolute atomic E-state index is 6.60. The van der Waals surface area contributed by atoms with Gasteiger partial charge in [0, 0.05) is 27.7 Å². The Balaban J connectivity index is 1.01. The number of anilines is 3. The number of nitrogens with zero attached hydrogens (tertiary/aromatic N) is 1. The molecule has 63 heavy (non-hydrogen) atoms. The van der Waals surface area contributed by atoms with Crippen LogP contribution in [0.3, 0.4) is 0 Å². The minimum atomic E-state index is -0.545. The number of fused-ring (bicyclic) bond motifs is 7. The second kappa shape index (κ2) is 13.8. The molecule has 10 aromatic rings. The average molecular weight is 808 g/mol. The molecule has 0 saturated carbocycles. The Kier molecular flexibility index (Phi) is 7.79. The summed E-state index contributed by atoms with van der Waals surface area (Å²) in [4.78, 5) is 2.41. The topological polar surface area (TPSA) is 30.9 Å². The van der Waals surface area contributed by atoms with Crippen LogP contribution >= 0.6 is 0 Å². The van der Waals surface area contributed by atoms with E-state index in [2.05, 4.69) is 187 Å². The van der Waals surface area contributed by atoms with Crippen molar-refractivity contribution in [2.75, 3.05) is 4.90 Å². The van der Waals surface area contributed by atoms with Crippen molar-refractivity contribution >= 4 is 27.8 Å². The van der Waals surface area contributed by atoms with Gasteiger partial charge in [-0.3, -0.25) is 0 Å². The van der Waals surface area contributed by atoms with Gasteiger partial charge in [0.15, 0.2) is 23.0 Å². The molecule has 2 heterocycles. The molecule has 0 saturated heterocycles. The zero-order valence-electron chi connectivity index (χ0n) is 34.0. The number of benzene rings is 10. The van der Waals surface area contributed by atoms with Crippen LogP contribution in [-0.4, -0.2) is 0 Å². The lowest BCUT2D eigenvalue weighted by atomic mass is 9.67. The van der Waals surface area contributed by atoms with Crippen molar-refractivity contribution in [2.24, 2.45) is 0 Å². The van der Waals surface area contributed by atoms with Crippen molar-refractivity contribution in [3.05, 3.63) is 247 Å². The van der Waals surface area contributed by atoms with Crippen molar-refractivity contribution in [3.63, 3.8) is 0 Å². The van der Waals surface area contributed by atoms with E-state index in [4.69, 9.17) is 14.2 Å². The Morgan fingerprint density at radius 3 is 1.63 bits per heavy atom. The average Bonchev–Trinajstić information content (AvgIpc) is 3.65. The summed E-state index contributed by atoms with van der Waals surface area (Å²) in [6.07, 6.45) is 0. The fourth-order valence-electron chi connectivity index (χ4n) is 10.3. The molecular formula is C59H37NO3. The summed E-state index contributed by atoms with van der Waals surface area (Å²) in [5.41, 5.74) is 14.5. The summed E-state index contributed by atoms with van der Waals surface area (Å²) in [5.74, 6) is 4.56. The number of hydrogen-bond acceptors (Lipinski definition) is 4. The first-order valence-corrected chi connectivity index (χ1v) is 21.4. The van der Waals surface area contributed by atoms with Crippen LogP contribution in [0.4, 0.5) is 17.1 Å². The lowest BCUT2D eigenvalue weighted by molar-refractivity contribution is 0.360. The van der Waals surface area contributed by atoms with E-state index in [0.29, 0.717) is 17.2 Å². The molecule has 0 spiro atoms. The molecule has 0 N–H and O–H groups in total. The second-order valence-corrected chi connectivity index (χ2v) is 16.4. The first kappa shape index (κ1) is 35.4. The van der Waals surface area contributed by atoms with E-state index in [0.717, 1.165) is 61.8 Å². The fraction of sp³-hybridized carbons (Fsp3) is 0.0169. The Labute approximate surface area is 365 Å². The first-order valence-electron chi connectivity index (χ1n) is 21.4. The maximum atomic E-state index is 6.60. The normalized spacial score (nSPS) is 13.3. The summed E-state index contributed by atoms with van der Waals surface area (Å²) in [5, 5.41) is 2.21. The Hall–Kier alpha value is -8.34. The van der Waals surface area contributed by atoms with E-state index in [-0.39, 0.29) is 0 Å². The second-order valence-electron chi connectivity index (χ2n) is 16.4. The van der Waals surface area contributed by atoms with Gasteiger partial charge in [-0.1, -0.05) is 158 Å². The highest BCUT2D eigenvalue weighted by Crippen LogP contribution is 2.58. The highest BCUT2D eigenvalue weighted by Gasteiger charge is 2.46. The maximum Gasteiger partial charge on any atom is 0.170 e. The molecular weight excluding hydrogens is 771 g/mol. The van der Waals surface area contributed by atoms with Crippen LogP contribution < -0.4 is 19.1 Å². The molecule has 0 fully saturated rings. The van der Waals surface area contributed by atoms with Crippen molar-refractivity contribution in [1.82, 2.24) is 0 Å². The number of rotatable bonds is 6. The van der Waals surface area contributed by atoms with Crippen LogP contribution in [-0.2, 0) is 5.41 Å². The van der Waals surface area contributed by atoms with Crippen molar-refractivity contribution in [3.8, 4) is 67.9 Å². The molecule has 1 aliphatic carbocycles. The van der Waals surface area contributed by atoms with Crippen molar-refractivity contribution in [1.29, 1.82) is 0 Å². The fourth-order valence-corrected chi connectivity index (χ4v) is 10.3. The first-order chi connectivity index (χ1) is 31.2. The quantitative estimate of drug-likeness (QED) is 0.167. The molecule has 0 amide bonds. The van der Waals surface area contributed by atoms with Gasteiger partial charge < -0.3 is 19.1 Å². The van der Waals surface area contributed by atoms with Gasteiger partial charge in [-0.2, -0.15) is 0 Å². The molecule has 4 nitrogen and oxygen atoms in total. The van der Waals surface area contributed by atoms with E-state index < -0.39 is 5.41 Å². The number of para-hydroxylation sites is 3. The largest absolute Gasteiger partial charge is 0.456 e. The molecule has 296 valence electrons. The summed E-state index contributed by atoms with van der Waals surface area (Å²) >= 11 is 0. The smallest absolute Gasteiger partial charge is 0.170 e. The van der Waals surface area contributed by atoms with Crippen LogP contribution in [0.25, 0.3) is 44.2 Å². The standard InChI is InChI=1S/C59H37NO3/c1-3-14-40(15-4-1)59(41-16-5-2-6-17-41)49-21-9-7-18-44(49)45-32-31-43(37-50(45)59)60(51-34-33-47-46-19-8-10-22-52(46)61-56-25-13-20-48(51)58(47)56)42-29-26-38(27-30-42)39-28-35-55-57(36-39)63-54-24-12-11-23-53(54)62-55/h1-37H. The molecule has 0 atom stereocenters. The molecule has 10 aromatic carbocycles. The molecule has 0 radical (unpaired) electrons. The highest BCUT2D eigenvalue weighted by atomic mass is 16.6. The van der Waals surface area contributed by atoms with Crippen LogP contribution in [0.15, 0.2) is 224 Å².